The van der Waals surface area contributed by atoms with Crippen molar-refractivity contribution < 1.29 is 17.9 Å². The number of rotatable bonds is 6. The van der Waals surface area contributed by atoms with E-state index in [2.05, 4.69) is 5.32 Å². The van der Waals surface area contributed by atoms with Gasteiger partial charge in [0, 0.05) is 12.2 Å². The number of benzene rings is 2. The molecule has 1 aliphatic heterocycles. The van der Waals surface area contributed by atoms with Gasteiger partial charge in [-0.2, -0.15) is 0 Å². The largest absolute Gasteiger partial charge is 0.379 e. The van der Waals surface area contributed by atoms with Crippen LogP contribution in [0.5, 0.6) is 0 Å². The van der Waals surface area contributed by atoms with Gasteiger partial charge in [-0.15, -0.1) is 0 Å². The summed E-state index contributed by atoms with van der Waals surface area (Å²) in [5.41, 5.74) is 0.659. The summed E-state index contributed by atoms with van der Waals surface area (Å²) in [6.45, 7) is 4.75. The molecule has 2 aromatic rings. The lowest BCUT2D eigenvalue weighted by atomic mass is 9.87. The lowest BCUT2D eigenvalue weighted by Gasteiger charge is -2.36. The third kappa shape index (κ3) is 3.45. The molecule has 1 amide bonds. The fourth-order valence-electron chi connectivity index (χ4n) is 2.74. The smallest absolute Gasteiger partial charge is 0.264 e. The Morgan fingerprint density at radius 2 is 1.73 bits per heavy atom. The summed E-state index contributed by atoms with van der Waals surface area (Å²) in [6, 6.07) is 15.2. The van der Waals surface area contributed by atoms with Gasteiger partial charge in [0.25, 0.3) is 10.0 Å². The lowest BCUT2D eigenvalue weighted by Crippen LogP contribution is -2.49. The monoisotopic (exact) mass is 374 g/mol. The van der Waals surface area contributed by atoms with Gasteiger partial charge in [-0.25, -0.2) is 8.42 Å². The molecule has 6 nitrogen and oxygen atoms in total. The number of ether oxygens (including phenoxy) is 1. The summed E-state index contributed by atoms with van der Waals surface area (Å²) < 4.78 is 32.3. The molecule has 0 aliphatic carbocycles. The summed E-state index contributed by atoms with van der Waals surface area (Å²) in [5.74, 6) is -0.126. The van der Waals surface area contributed by atoms with Crippen LogP contribution in [-0.4, -0.2) is 34.1 Å². The molecule has 0 spiro atoms. The first kappa shape index (κ1) is 18.4. The van der Waals surface area contributed by atoms with E-state index in [4.69, 9.17) is 4.74 Å². The molecular weight excluding hydrogens is 352 g/mol. The maximum absolute atomic E-state index is 12.9. The molecule has 0 bridgehead atoms. The van der Waals surface area contributed by atoms with Crippen LogP contribution in [0.15, 0.2) is 59.5 Å². The van der Waals surface area contributed by atoms with Crippen LogP contribution in [0.2, 0.25) is 0 Å². The number of sulfonamides is 1. The van der Waals surface area contributed by atoms with Gasteiger partial charge in [-0.3, -0.25) is 9.10 Å². The summed E-state index contributed by atoms with van der Waals surface area (Å²) in [5, 5.41) is 2.81. The fourth-order valence-corrected chi connectivity index (χ4v) is 4.22. The van der Waals surface area contributed by atoms with E-state index >= 15 is 0 Å². The Hall–Kier alpha value is -2.38. The normalized spacial score (nSPS) is 15.8. The quantitative estimate of drug-likeness (QED) is 0.844. The SMILES string of the molecule is CCN(c1ccccc1)S(=O)(=O)c1ccc(NC(=O)C2(C)COC2)cc1. The lowest BCUT2D eigenvalue weighted by molar-refractivity contribution is -0.151. The summed E-state index contributed by atoms with van der Waals surface area (Å²) in [7, 11) is -3.67. The molecule has 0 radical (unpaired) electrons. The summed E-state index contributed by atoms with van der Waals surface area (Å²) in [6.07, 6.45) is 0. The van der Waals surface area contributed by atoms with Crippen LogP contribution in [0.1, 0.15) is 13.8 Å². The number of carbonyl (C=O) groups is 1. The third-order valence-electron chi connectivity index (χ3n) is 4.42. The molecule has 2 aromatic carbocycles. The molecule has 26 heavy (non-hydrogen) atoms. The van der Waals surface area contributed by atoms with Crippen LogP contribution in [0.3, 0.4) is 0 Å². The predicted molar refractivity (Wildman–Crippen MR) is 101 cm³/mol. The Labute approximate surface area is 153 Å². The number of nitrogens with one attached hydrogen (secondary N) is 1. The molecule has 1 saturated heterocycles. The maximum Gasteiger partial charge on any atom is 0.264 e. The van der Waals surface area contributed by atoms with Crippen molar-refractivity contribution in [2.75, 3.05) is 29.4 Å². The number of carbonyl (C=O) groups excluding carboxylic acids is 1. The minimum absolute atomic E-state index is 0.126. The Bertz CT molecular complexity index is 876. The molecule has 0 aromatic heterocycles. The highest BCUT2D eigenvalue weighted by atomic mass is 32.2. The topological polar surface area (TPSA) is 75.7 Å². The van der Waals surface area contributed by atoms with E-state index in [1.165, 1.54) is 16.4 Å². The maximum atomic E-state index is 12.9. The van der Waals surface area contributed by atoms with Crippen molar-refractivity contribution in [3.8, 4) is 0 Å². The van der Waals surface area contributed by atoms with E-state index in [9.17, 15) is 13.2 Å². The summed E-state index contributed by atoms with van der Waals surface area (Å²) >= 11 is 0. The Kier molecular flexibility index (Phi) is 5.02. The average molecular weight is 374 g/mol. The zero-order chi connectivity index (χ0) is 18.8. The highest BCUT2D eigenvalue weighted by molar-refractivity contribution is 7.92. The average Bonchev–Trinajstić information content (AvgIpc) is 2.61. The Morgan fingerprint density at radius 3 is 2.23 bits per heavy atom. The first-order chi connectivity index (χ1) is 12.4. The molecule has 0 saturated carbocycles. The zero-order valence-electron chi connectivity index (χ0n) is 14.8. The van der Waals surface area contributed by atoms with Crippen molar-refractivity contribution in [3.05, 3.63) is 54.6 Å². The van der Waals surface area contributed by atoms with E-state index < -0.39 is 15.4 Å². The van der Waals surface area contributed by atoms with Crippen LogP contribution in [0, 0.1) is 5.41 Å². The van der Waals surface area contributed by atoms with Crippen molar-refractivity contribution in [3.63, 3.8) is 0 Å². The number of anilines is 2. The molecule has 138 valence electrons. The highest BCUT2D eigenvalue weighted by Crippen LogP contribution is 2.29. The highest BCUT2D eigenvalue weighted by Gasteiger charge is 2.41. The molecule has 7 heteroatoms. The molecule has 1 fully saturated rings. The number of para-hydroxylation sites is 1. The molecule has 1 N–H and O–H groups in total. The van der Waals surface area contributed by atoms with E-state index in [1.807, 2.05) is 13.0 Å². The second-order valence-corrected chi connectivity index (χ2v) is 8.40. The second kappa shape index (κ2) is 7.09. The first-order valence-corrected chi connectivity index (χ1v) is 9.88. The molecule has 3 rings (SSSR count). The van der Waals surface area contributed by atoms with Gasteiger partial charge in [0.15, 0.2) is 0 Å². The predicted octanol–water partition coefficient (Wildman–Crippen LogP) is 2.88. The van der Waals surface area contributed by atoms with Crippen molar-refractivity contribution in [1.82, 2.24) is 0 Å². The van der Waals surface area contributed by atoms with Crippen LogP contribution in [-0.2, 0) is 19.6 Å². The van der Waals surface area contributed by atoms with Gasteiger partial charge in [0.1, 0.15) is 0 Å². The molecule has 1 aliphatic rings. The number of hydrogen-bond donors (Lipinski definition) is 1. The van der Waals surface area contributed by atoms with Crippen LogP contribution in [0.25, 0.3) is 0 Å². The summed E-state index contributed by atoms with van der Waals surface area (Å²) in [4.78, 5) is 12.4. The fraction of sp³-hybridized carbons (Fsp3) is 0.316. The van der Waals surface area contributed by atoms with Gasteiger partial charge in [-0.1, -0.05) is 18.2 Å². The molecule has 0 atom stereocenters. The molecule has 0 unspecified atom stereocenters. The van der Waals surface area contributed by atoms with E-state index in [0.29, 0.717) is 31.1 Å². The second-order valence-electron chi connectivity index (χ2n) is 6.54. The van der Waals surface area contributed by atoms with Crippen molar-refractivity contribution in [2.24, 2.45) is 5.41 Å². The van der Waals surface area contributed by atoms with Gasteiger partial charge < -0.3 is 10.1 Å². The number of nitrogens with zero attached hydrogens (tertiary/aromatic N) is 1. The van der Waals surface area contributed by atoms with Crippen molar-refractivity contribution in [2.45, 2.75) is 18.7 Å². The standard InChI is InChI=1S/C19H22N2O4S/c1-3-21(16-7-5-4-6-8-16)26(23,24)17-11-9-15(10-12-17)20-18(22)19(2)13-25-14-19/h4-12H,3,13-14H2,1-2H3,(H,20,22). The van der Waals surface area contributed by atoms with Crippen molar-refractivity contribution >= 4 is 27.3 Å². The minimum Gasteiger partial charge on any atom is -0.379 e. The van der Waals surface area contributed by atoms with Crippen LogP contribution in [0.4, 0.5) is 11.4 Å². The van der Waals surface area contributed by atoms with Crippen molar-refractivity contribution in [1.29, 1.82) is 0 Å². The van der Waals surface area contributed by atoms with Gasteiger partial charge in [-0.05, 0) is 50.2 Å². The van der Waals surface area contributed by atoms with E-state index in [0.717, 1.165) is 0 Å². The minimum atomic E-state index is -3.67. The van der Waals surface area contributed by atoms with Gasteiger partial charge in [0.05, 0.1) is 29.2 Å². The first-order valence-electron chi connectivity index (χ1n) is 8.44. The third-order valence-corrected chi connectivity index (χ3v) is 6.34. The molecule has 1 heterocycles. The van der Waals surface area contributed by atoms with Crippen LogP contribution >= 0.6 is 0 Å². The van der Waals surface area contributed by atoms with Gasteiger partial charge >= 0.3 is 0 Å². The Balaban J connectivity index is 1.79. The molecular formula is C19H22N2O4S. The van der Waals surface area contributed by atoms with Crippen LogP contribution < -0.4 is 9.62 Å². The Morgan fingerprint density at radius 1 is 1.12 bits per heavy atom. The number of amides is 1. The van der Waals surface area contributed by atoms with Gasteiger partial charge in [0.2, 0.25) is 5.91 Å². The zero-order valence-corrected chi connectivity index (χ0v) is 15.6. The number of hydrogen-bond acceptors (Lipinski definition) is 4. The van der Waals surface area contributed by atoms with E-state index in [-0.39, 0.29) is 10.8 Å². The van der Waals surface area contributed by atoms with E-state index in [1.54, 1.807) is 43.3 Å².